The molecular weight excluding hydrogens is 448 g/mol. The molecule has 3 heterocycles. The van der Waals surface area contributed by atoms with Crippen LogP contribution in [0.3, 0.4) is 0 Å². The fraction of sp³-hybridized carbons (Fsp3) is 0.542. The van der Waals surface area contributed by atoms with Crippen molar-refractivity contribution >= 4 is 29.0 Å². The Morgan fingerprint density at radius 3 is 2.56 bits per heavy atom. The van der Waals surface area contributed by atoms with E-state index < -0.39 is 0 Å². The molecule has 32 heavy (non-hydrogen) atoms. The molecule has 2 fully saturated rings. The van der Waals surface area contributed by atoms with Crippen LogP contribution in [0, 0.1) is 5.82 Å². The molecule has 1 aromatic heterocycles. The number of rotatable bonds is 6. The van der Waals surface area contributed by atoms with Gasteiger partial charge in [-0.3, -0.25) is 9.80 Å². The molecule has 2 aliphatic rings. The largest absolute Gasteiger partial charge is 0.353 e. The number of hydrogen-bond acceptors (Lipinski definition) is 5. The number of nitrogens with zero attached hydrogens (tertiary/aromatic N) is 4. The second-order valence-corrected chi connectivity index (χ2v) is 9.69. The third kappa shape index (κ3) is 5.37. The summed E-state index contributed by atoms with van der Waals surface area (Å²) in [5, 5.41) is 1.13. The predicted octanol–water partition coefficient (Wildman–Crippen LogP) is 4.55. The normalized spacial score (nSPS) is 21.3. The molecule has 2 aliphatic heterocycles. The highest BCUT2D eigenvalue weighted by Gasteiger charge is 2.34. The lowest BCUT2D eigenvalue weighted by Crippen LogP contribution is -2.58. The van der Waals surface area contributed by atoms with Crippen molar-refractivity contribution in [2.45, 2.75) is 51.4 Å². The maximum Gasteiger partial charge on any atom is 0.147 e. The molecule has 0 amide bonds. The maximum atomic E-state index is 14.2. The number of hydrogen-bond donors (Lipinski definition) is 1. The lowest BCUT2D eigenvalue weighted by Gasteiger charge is -2.47. The van der Waals surface area contributed by atoms with Crippen molar-refractivity contribution in [3.8, 4) is 0 Å². The van der Waals surface area contributed by atoms with E-state index in [0.29, 0.717) is 35.2 Å². The minimum absolute atomic E-state index is 0.214. The van der Waals surface area contributed by atoms with Gasteiger partial charge in [-0.15, -0.1) is 0 Å². The van der Waals surface area contributed by atoms with Gasteiger partial charge in [-0.2, -0.15) is 0 Å². The first kappa shape index (κ1) is 23.7. The number of anilines is 1. The van der Waals surface area contributed by atoms with Gasteiger partial charge >= 0.3 is 0 Å². The zero-order chi connectivity index (χ0) is 22.7. The molecule has 1 aromatic carbocycles. The summed E-state index contributed by atoms with van der Waals surface area (Å²) < 4.78 is 14.2. The Hall–Kier alpha value is -1.44. The Morgan fingerprint density at radius 1 is 1.12 bits per heavy atom. The SMILES string of the molecule is CC[C@H]1CN(c2ncc(CN)cc2Cl)CCN1C1CCN(Cc2ccc(Cl)cc2F)CC1. The zero-order valence-electron chi connectivity index (χ0n) is 18.6. The van der Waals surface area contributed by atoms with Crippen LogP contribution in [0.2, 0.25) is 10.0 Å². The molecule has 4 rings (SSSR count). The van der Waals surface area contributed by atoms with Crippen LogP contribution in [0.1, 0.15) is 37.3 Å². The Labute approximate surface area is 200 Å². The van der Waals surface area contributed by atoms with Gasteiger partial charge in [-0.05, 0) is 56.1 Å². The first-order chi connectivity index (χ1) is 15.5. The van der Waals surface area contributed by atoms with Crippen molar-refractivity contribution in [2.24, 2.45) is 5.73 Å². The Morgan fingerprint density at radius 2 is 1.91 bits per heavy atom. The van der Waals surface area contributed by atoms with E-state index in [1.54, 1.807) is 12.1 Å². The lowest BCUT2D eigenvalue weighted by atomic mass is 9.97. The van der Waals surface area contributed by atoms with Crippen LogP contribution in [-0.4, -0.2) is 59.6 Å². The number of aromatic nitrogens is 1. The highest BCUT2D eigenvalue weighted by atomic mass is 35.5. The average Bonchev–Trinajstić information content (AvgIpc) is 2.81. The summed E-state index contributed by atoms with van der Waals surface area (Å²) in [4.78, 5) is 11.9. The summed E-state index contributed by atoms with van der Waals surface area (Å²) in [5.74, 6) is 0.648. The molecule has 174 valence electrons. The van der Waals surface area contributed by atoms with E-state index in [1.165, 1.54) is 6.07 Å². The number of piperazine rings is 1. The van der Waals surface area contributed by atoms with Crippen LogP contribution in [0.4, 0.5) is 10.2 Å². The Balaban J connectivity index is 1.34. The lowest BCUT2D eigenvalue weighted by molar-refractivity contribution is 0.0607. The number of pyridine rings is 1. The highest BCUT2D eigenvalue weighted by molar-refractivity contribution is 6.33. The fourth-order valence-corrected chi connectivity index (χ4v) is 5.49. The summed E-state index contributed by atoms with van der Waals surface area (Å²) >= 11 is 12.4. The highest BCUT2D eigenvalue weighted by Crippen LogP contribution is 2.30. The molecule has 0 unspecified atom stereocenters. The molecule has 0 spiro atoms. The number of benzene rings is 1. The molecule has 0 saturated carbocycles. The standard InChI is InChI=1S/C24H32Cl2FN5/c1-2-20-16-31(24-22(26)11-17(13-28)14-29-24)9-10-32(20)21-5-7-30(8-6-21)15-18-3-4-19(25)12-23(18)27/h3-4,11-12,14,20-21H,2,5-10,13,15-16,28H2,1H3/t20-/m0/s1. The molecule has 0 bridgehead atoms. The Kier molecular flexibility index (Phi) is 7.90. The zero-order valence-corrected chi connectivity index (χ0v) is 20.1. The van der Waals surface area contributed by atoms with E-state index in [2.05, 4.69) is 26.6 Å². The number of halogens is 3. The molecule has 5 nitrogen and oxygen atoms in total. The molecule has 8 heteroatoms. The molecule has 0 radical (unpaired) electrons. The second-order valence-electron chi connectivity index (χ2n) is 8.84. The third-order valence-corrected chi connectivity index (χ3v) is 7.36. The average molecular weight is 480 g/mol. The van der Waals surface area contributed by atoms with E-state index >= 15 is 0 Å². The monoisotopic (exact) mass is 479 g/mol. The van der Waals surface area contributed by atoms with E-state index in [9.17, 15) is 4.39 Å². The van der Waals surface area contributed by atoms with Gasteiger partial charge in [0.25, 0.3) is 0 Å². The number of piperidine rings is 1. The molecule has 1 atom stereocenters. The first-order valence-electron chi connectivity index (χ1n) is 11.5. The smallest absolute Gasteiger partial charge is 0.147 e. The fourth-order valence-electron chi connectivity index (χ4n) is 5.02. The van der Waals surface area contributed by atoms with Crippen LogP contribution in [0.5, 0.6) is 0 Å². The molecule has 0 aliphatic carbocycles. The molecular formula is C24H32Cl2FN5. The van der Waals surface area contributed by atoms with Crippen LogP contribution < -0.4 is 10.6 Å². The Bertz CT molecular complexity index is 919. The summed E-state index contributed by atoms with van der Waals surface area (Å²) in [6.45, 7) is 8.17. The van der Waals surface area contributed by atoms with Gasteiger partial charge in [0, 0.05) is 61.6 Å². The quantitative estimate of drug-likeness (QED) is 0.658. The van der Waals surface area contributed by atoms with E-state index in [0.717, 1.165) is 68.9 Å². The second kappa shape index (κ2) is 10.7. The summed E-state index contributed by atoms with van der Waals surface area (Å²) in [7, 11) is 0. The van der Waals surface area contributed by atoms with Crippen LogP contribution in [0.25, 0.3) is 0 Å². The topological polar surface area (TPSA) is 48.6 Å². The minimum Gasteiger partial charge on any atom is -0.353 e. The van der Waals surface area contributed by atoms with Crippen molar-refractivity contribution in [3.05, 3.63) is 57.5 Å². The van der Waals surface area contributed by atoms with E-state index in [4.69, 9.17) is 28.9 Å². The van der Waals surface area contributed by atoms with Crippen molar-refractivity contribution in [2.75, 3.05) is 37.6 Å². The van der Waals surface area contributed by atoms with Gasteiger partial charge in [0.1, 0.15) is 11.6 Å². The van der Waals surface area contributed by atoms with Crippen LogP contribution in [0.15, 0.2) is 30.5 Å². The molecule has 2 aromatic rings. The van der Waals surface area contributed by atoms with Gasteiger partial charge in [0.15, 0.2) is 0 Å². The van der Waals surface area contributed by atoms with Crippen molar-refractivity contribution in [1.82, 2.24) is 14.8 Å². The summed E-state index contributed by atoms with van der Waals surface area (Å²) in [6.07, 6.45) is 5.13. The third-order valence-electron chi connectivity index (χ3n) is 6.85. The van der Waals surface area contributed by atoms with Crippen molar-refractivity contribution in [1.29, 1.82) is 0 Å². The minimum atomic E-state index is -0.214. The number of nitrogens with two attached hydrogens (primary N) is 1. The van der Waals surface area contributed by atoms with E-state index in [-0.39, 0.29) is 5.82 Å². The molecule has 2 saturated heterocycles. The number of likely N-dealkylation sites (tertiary alicyclic amines) is 1. The van der Waals surface area contributed by atoms with Gasteiger partial charge < -0.3 is 10.6 Å². The van der Waals surface area contributed by atoms with E-state index in [1.807, 2.05) is 12.3 Å². The first-order valence-corrected chi connectivity index (χ1v) is 12.3. The predicted molar refractivity (Wildman–Crippen MR) is 130 cm³/mol. The summed E-state index contributed by atoms with van der Waals surface area (Å²) in [5.41, 5.74) is 7.39. The van der Waals surface area contributed by atoms with Crippen molar-refractivity contribution < 1.29 is 4.39 Å². The molecule has 2 N–H and O–H groups in total. The van der Waals surface area contributed by atoms with Crippen molar-refractivity contribution in [3.63, 3.8) is 0 Å². The van der Waals surface area contributed by atoms with Crippen LogP contribution >= 0.6 is 23.2 Å². The van der Waals surface area contributed by atoms with Gasteiger partial charge in [0.05, 0.1) is 5.02 Å². The summed E-state index contributed by atoms with van der Waals surface area (Å²) in [6, 6.07) is 7.94. The van der Waals surface area contributed by atoms with Gasteiger partial charge in [-0.1, -0.05) is 36.2 Å². The van der Waals surface area contributed by atoms with Gasteiger partial charge in [0.2, 0.25) is 0 Å². The maximum absolute atomic E-state index is 14.2. The van der Waals surface area contributed by atoms with Gasteiger partial charge in [-0.25, -0.2) is 9.37 Å². The van der Waals surface area contributed by atoms with Crippen LogP contribution in [-0.2, 0) is 13.1 Å².